The molecule has 0 spiro atoms. The van der Waals surface area contributed by atoms with Crippen molar-refractivity contribution < 1.29 is 9.53 Å². The van der Waals surface area contributed by atoms with Crippen LogP contribution in [0, 0.1) is 0 Å². The third-order valence-electron chi connectivity index (χ3n) is 4.36. The number of ether oxygens (including phenoxy) is 1. The van der Waals surface area contributed by atoms with Crippen molar-refractivity contribution in [1.82, 2.24) is 9.27 Å². The Kier molecular flexibility index (Phi) is 4.67. The molecule has 0 aliphatic carbocycles. The highest BCUT2D eigenvalue weighted by Gasteiger charge is 2.29. The van der Waals surface area contributed by atoms with Gasteiger partial charge in [-0.05, 0) is 57.3 Å². The van der Waals surface area contributed by atoms with Crippen LogP contribution in [0.5, 0.6) is 0 Å². The lowest BCUT2D eigenvalue weighted by atomic mass is 10.0. The maximum Gasteiger partial charge on any atom is 0.410 e. The van der Waals surface area contributed by atoms with Gasteiger partial charge in [-0.3, -0.25) is 0 Å². The number of hydrogen-bond acceptors (Lipinski definition) is 5. The number of anilines is 1. The van der Waals surface area contributed by atoms with Crippen molar-refractivity contribution in [3.8, 4) is 0 Å². The molecule has 0 radical (unpaired) electrons. The van der Waals surface area contributed by atoms with Crippen molar-refractivity contribution in [3.63, 3.8) is 0 Å². The smallest absolute Gasteiger partial charge is 0.410 e. The molecule has 1 aromatic carbocycles. The highest BCUT2D eigenvalue weighted by atomic mass is 32.1. The van der Waals surface area contributed by atoms with E-state index in [2.05, 4.69) is 34.5 Å². The van der Waals surface area contributed by atoms with E-state index in [1.807, 2.05) is 31.7 Å². The third kappa shape index (κ3) is 3.64. The van der Waals surface area contributed by atoms with Gasteiger partial charge in [-0.1, -0.05) is 12.1 Å². The van der Waals surface area contributed by atoms with E-state index in [1.165, 1.54) is 10.1 Å². The van der Waals surface area contributed by atoms with Crippen LogP contribution in [0.25, 0.3) is 10.1 Å². The SMILES string of the molecule is CN(c1nsc2ccccc12)C1CCN(C(=O)OC(C)(C)C)CC1. The van der Waals surface area contributed by atoms with Crippen LogP contribution in [0.3, 0.4) is 0 Å². The normalized spacial score (nSPS) is 16.4. The number of benzene rings is 1. The average molecular weight is 347 g/mol. The molecule has 1 aromatic heterocycles. The molecule has 130 valence electrons. The number of piperidine rings is 1. The Hall–Kier alpha value is -1.82. The quantitative estimate of drug-likeness (QED) is 0.819. The second-order valence-corrected chi connectivity index (χ2v) is 8.12. The van der Waals surface area contributed by atoms with Gasteiger partial charge in [-0.2, -0.15) is 4.37 Å². The lowest BCUT2D eigenvalue weighted by Gasteiger charge is -2.37. The van der Waals surface area contributed by atoms with Gasteiger partial charge in [0.25, 0.3) is 0 Å². The third-order valence-corrected chi connectivity index (χ3v) is 5.17. The summed E-state index contributed by atoms with van der Waals surface area (Å²) in [5.41, 5.74) is -0.440. The van der Waals surface area contributed by atoms with Gasteiger partial charge in [0.05, 0.1) is 4.70 Å². The summed E-state index contributed by atoms with van der Waals surface area (Å²) in [5.74, 6) is 1.05. The molecule has 1 fully saturated rings. The Morgan fingerprint density at radius 2 is 1.96 bits per heavy atom. The molecule has 0 saturated carbocycles. The van der Waals surface area contributed by atoms with E-state index >= 15 is 0 Å². The van der Waals surface area contributed by atoms with E-state index in [9.17, 15) is 4.79 Å². The summed E-state index contributed by atoms with van der Waals surface area (Å²) in [4.78, 5) is 16.3. The topological polar surface area (TPSA) is 45.7 Å². The van der Waals surface area contributed by atoms with Crippen LogP contribution in [-0.2, 0) is 4.74 Å². The van der Waals surface area contributed by atoms with Crippen LogP contribution in [0.2, 0.25) is 0 Å². The minimum absolute atomic E-state index is 0.206. The summed E-state index contributed by atoms with van der Waals surface area (Å²) < 4.78 is 11.3. The van der Waals surface area contributed by atoms with E-state index in [0.717, 1.165) is 31.7 Å². The molecular weight excluding hydrogens is 322 g/mol. The highest BCUT2D eigenvalue weighted by Crippen LogP contribution is 2.31. The molecule has 6 heteroatoms. The highest BCUT2D eigenvalue weighted by molar-refractivity contribution is 7.13. The second kappa shape index (κ2) is 6.59. The summed E-state index contributed by atoms with van der Waals surface area (Å²) >= 11 is 1.54. The molecule has 0 N–H and O–H groups in total. The number of carbonyl (C=O) groups excluding carboxylic acids is 1. The zero-order valence-corrected chi connectivity index (χ0v) is 15.6. The predicted octanol–water partition coefficient (Wildman–Crippen LogP) is 4.13. The molecule has 0 unspecified atom stereocenters. The van der Waals surface area contributed by atoms with Crippen molar-refractivity contribution in [3.05, 3.63) is 24.3 Å². The van der Waals surface area contributed by atoms with Gasteiger partial charge in [-0.25, -0.2) is 4.79 Å². The number of hydrogen-bond donors (Lipinski definition) is 0. The molecule has 1 aliphatic rings. The summed E-state index contributed by atoms with van der Waals surface area (Å²) in [6.45, 7) is 7.16. The number of likely N-dealkylation sites (tertiary alicyclic amines) is 1. The monoisotopic (exact) mass is 347 g/mol. The fourth-order valence-corrected chi connectivity index (χ4v) is 3.87. The molecule has 3 rings (SSSR count). The van der Waals surface area contributed by atoms with Crippen LogP contribution < -0.4 is 4.90 Å². The molecule has 5 nitrogen and oxygen atoms in total. The van der Waals surface area contributed by atoms with E-state index < -0.39 is 5.60 Å². The first-order chi connectivity index (χ1) is 11.3. The minimum Gasteiger partial charge on any atom is -0.444 e. The minimum atomic E-state index is -0.440. The number of amides is 1. The first-order valence-corrected chi connectivity index (χ1v) is 9.18. The Morgan fingerprint density at radius 3 is 2.62 bits per heavy atom. The van der Waals surface area contributed by atoms with Gasteiger partial charge in [0.15, 0.2) is 0 Å². The van der Waals surface area contributed by atoms with E-state index in [0.29, 0.717) is 6.04 Å². The predicted molar refractivity (Wildman–Crippen MR) is 98.9 cm³/mol. The summed E-state index contributed by atoms with van der Waals surface area (Å²) in [6.07, 6.45) is 1.66. The number of carbonyl (C=O) groups is 1. The van der Waals surface area contributed by atoms with E-state index in [-0.39, 0.29) is 6.09 Å². The maximum atomic E-state index is 12.2. The largest absolute Gasteiger partial charge is 0.444 e. The lowest BCUT2D eigenvalue weighted by molar-refractivity contribution is 0.0205. The van der Waals surface area contributed by atoms with Gasteiger partial charge in [-0.15, -0.1) is 0 Å². The van der Waals surface area contributed by atoms with Gasteiger partial charge >= 0.3 is 6.09 Å². The molecule has 2 heterocycles. The summed E-state index contributed by atoms with van der Waals surface area (Å²) in [7, 11) is 2.11. The molecule has 1 aliphatic heterocycles. The van der Waals surface area contributed by atoms with Gasteiger partial charge in [0, 0.05) is 31.6 Å². The van der Waals surface area contributed by atoms with Gasteiger partial charge < -0.3 is 14.5 Å². The molecule has 0 atom stereocenters. The number of aromatic nitrogens is 1. The Morgan fingerprint density at radius 1 is 1.29 bits per heavy atom. The Bertz CT molecular complexity index is 714. The molecule has 2 aromatic rings. The van der Waals surface area contributed by atoms with Crippen LogP contribution >= 0.6 is 11.5 Å². The van der Waals surface area contributed by atoms with Crippen molar-refractivity contribution in [1.29, 1.82) is 0 Å². The maximum absolute atomic E-state index is 12.2. The first-order valence-electron chi connectivity index (χ1n) is 8.40. The molecular formula is C18H25N3O2S. The Balaban J connectivity index is 1.63. The zero-order valence-electron chi connectivity index (χ0n) is 14.8. The van der Waals surface area contributed by atoms with Crippen molar-refractivity contribution in [2.45, 2.75) is 45.3 Å². The summed E-state index contributed by atoms with van der Waals surface area (Å²) in [5, 5.41) is 1.21. The van der Waals surface area contributed by atoms with Crippen LogP contribution in [-0.4, -0.2) is 47.1 Å². The second-order valence-electron chi connectivity index (χ2n) is 7.31. The standard InChI is InChI=1S/C18H25N3O2S/c1-18(2,3)23-17(22)21-11-9-13(10-12-21)20(4)16-14-7-5-6-8-15(14)24-19-16/h5-8,13H,9-12H2,1-4H3. The molecule has 1 saturated heterocycles. The van der Waals surface area contributed by atoms with E-state index in [1.54, 1.807) is 11.5 Å². The van der Waals surface area contributed by atoms with Crippen LogP contribution in [0.4, 0.5) is 10.6 Å². The Labute approximate surface area is 147 Å². The lowest BCUT2D eigenvalue weighted by Crippen LogP contribution is -2.47. The fraction of sp³-hybridized carbons (Fsp3) is 0.556. The number of fused-ring (bicyclic) bond motifs is 1. The number of rotatable bonds is 2. The van der Waals surface area contributed by atoms with Crippen LogP contribution in [0.1, 0.15) is 33.6 Å². The van der Waals surface area contributed by atoms with Crippen molar-refractivity contribution >= 4 is 33.5 Å². The first kappa shape index (κ1) is 17.0. The molecule has 1 amide bonds. The fourth-order valence-electron chi connectivity index (χ4n) is 3.06. The molecule has 24 heavy (non-hydrogen) atoms. The van der Waals surface area contributed by atoms with Crippen LogP contribution in [0.15, 0.2) is 24.3 Å². The van der Waals surface area contributed by atoms with Gasteiger partial charge in [0.2, 0.25) is 0 Å². The number of nitrogens with zero attached hydrogens (tertiary/aromatic N) is 3. The zero-order chi connectivity index (χ0) is 17.3. The summed E-state index contributed by atoms with van der Waals surface area (Å²) in [6, 6.07) is 8.73. The van der Waals surface area contributed by atoms with E-state index in [4.69, 9.17) is 4.74 Å². The van der Waals surface area contributed by atoms with Gasteiger partial charge in [0.1, 0.15) is 11.4 Å². The van der Waals surface area contributed by atoms with Crippen molar-refractivity contribution in [2.75, 3.05) is 25.0 Å². The molecule has 0 bridgehead atoms. The average Bonchev–Trinajstić information content (AvgIpc) is 2.97. The van der Waals surface area contributed by atoms with Crippen molar-refractivity contribution in [2.24, 2.45) is 0 Å².